The number of nitrogens with two attached hydrogens (primary N) is 2. The Morgan fingerprint density at radius 3 is 2.58 bits per heavy atom. The molecule has 0 bridgehead atoms. The number of aromatic nitrogens is 2. The van der Waals surface area contributed by atoms with Gasteiger partial charge in [0.05, 0.1) is 11.4 Å². The second kappa shape index (κ2) is 11.1. The minimum absolute atomic E-state index is 0.0443. The monoisotopic (exact) mass is 569 g/mol. The summed E-state index contributed by atoms with van der Waals surface area (Å²) in [5.41, 5.74) is 12.5. The van der Waals surface area contributed by atoms with Crippen LogP contribution in [0, 0.1) is 5.41 Å². The van der Waals surface area contributed by atoms with Crippen molar-refractivity contribution in [3.8, 4) is 29.3 Å². The third-order valence-electron chi connectivity index (χ3n) is 5.59. The molecule has 2 amide bonds. The Hall–Kier alpha value is -4.92. The quantitative estimate of drug-likeness (QED) is 0.165. The molecule has 0 saturated heterocycles. The normalized spacial score (nSPS) is 14.4. The number of fused-ring (bicyclic) bond motifs is 1. The Kier molecular flexibility index (Phi) is 7.77. The number of nitrogen functional groups attached to an aromatic ring is 2. The van der Waals surface area contributed by atoms with Crippen LogP contribution in [0.2, 0.25) is 0 Å². The van der Waals surface area contributed by atoms with Gasteiger partial charge in [0, 0.05) is 37.9 Å². The van der Waals surface area contributed by atoms with E-state index in [9.17, 15) is 18.0 Å². The number of anilines is 2. The van der Waals surface area contributed by atoms with Crippen molar-refractivity contribution in [2.75, 3.05) is 37.2 Å². The number of carbonyl (C=O) groups is 2. The van der Waals surface area contributed by atoms with Gasteiger partial charge in [0.2, 0.25) is 5.88 Å². The Labute approximate surface area is 229 Å². The van der Waals surface area contributed by atoms with Crippen LogP contribution in [0.25, 0.3) is 0 Å². The number of rotatable bonds is 9. The average molecular weight is 570 g/mol. The van der Waals surface area contributed by atoms with Crippen LogP contribution < -0.4 is 31.0 Å². The maximum absolute atomic E-state index is 12.7. The lowest BCUT2D eigenvalue weighted by atomic mass is 10.2. The molecule has 4 rings (SSSR count). The number of hydrogen-bond donors (Lipinski definition) is 4. The maximum atomic E-state index is 12.7. The van der Waals surface area contributed by atoms with Crippen LogP contribution in [0.4, 0.5) is 11.4 Å². The predicted octanol–water partition coefficient (Wildman–Crippen LogP) is 1.76. The van der Waals surface area contributed by atoms with Crippen LogP contribution in [-0.2, 0) is 14.6 Å². The zero-order chi connectivity index (χ0) is 29.2. The van der Waals surface area contributed by atoms with E-state index in [0.29, 0.717) is 11.1 Å². The third-order valence-corrected chi connectivity index (χ3v) is 6.57. The fourth-order valence-electron chi connectivity index (χ4n) is 3.57. The minimum Gasteiger partial charge on any atom is -0.462 e. The van der Waals surface area contributed by atoms with Gasteiger partial charge in [0.25, 0.3) is 17.7 Å². The van der Waals surface area contributed by atoms with E-state index >= 15 is 0 Å². The molecule has 15 heteroatoms. The fourth-order valence-corrected chi connectivity index (χ4v) is 4.21. The molecular formula is C25H27N7O7S. The SMILES string of the molecule is CN(C)C(=O)c1cccc(Oc2nc(Oc3cc(C(=N)N)ccc3N)c3c(n2)OC(CCS(C)(=O)=O)C(=O)N3)c1. The molecular weight excluding hydrogens is 542 g/mol. The molecule has 1 aliphatic heterocycles. The van der Waals surface area contributed by atoms with Gasteiger partial charge in [0.15, 0.2) is 17.5 Å². The molecule has 1 aromatic heterocycles. The van der Waals surface area contributed by atoms with Crippen molar-refractivity contribution < 1.29 is 32.2 Å². The summed E-state index contributed by atoms with van der Waals surface area (Å²) in [4.78, 5) is 35.0. The Morgan fingerprint density at radius 2 is 1.90 bits per heavy atom. The molecule has 1 aliphatic rings. The lowest BCUT2D eigenvalue weighted by molar-refractivity contribution is -0.123. The second-order valence-electron chi connectivity index (χ2n) is 9.10. The van der Waals surface area contributed by atoms with E-state index in [0.717, 1.165) is 6.26 Å². The van der Waals surface area contributed by atoms with Crippen molar-refractivity contribution in [2.24, 2.45) is 5.73 Å². The van der Waals surface area contributed by atoms with Gasteiger partial charge in [-0.25, -0.2) is 8.42 Å². The zero-order valence-corrected chi connectivity index (χ0v) is 22.6. The van der Waals surface area contributed by atoms with E-state index in [2.05, 4.69) is 15.3 Å². The van der Waals surface area contributed by atoms with E-state index < -0.39 is 21.8 Å². The summed E-state index contributed by atoms with van der Waals surface area (Å²) in [5, 5.41) is 10.3. The number of ether oxygens (including phenoxy) is 3. The van der Waals surface area contributed by atoms with E-state index in [1.165, 1.54) is 29.2 Å². The Balaban J connectivity index is 1.74. The van der Waals surface area contributed by atoms with Crippen molar-refractivity contribution in [2.45, 2.75) is 12.5 Å². The number of amides is 2. The molecule has 2 heterocycles. The molecule has 0 spiro atoms. The van der Waals surface area contributed by atoms with Crippen LogP contribution in [0.1, 0.15) is 22.3 Å². The van der Waals surface area contributed by atoms with E-state index in [1.807, 2.05) is 0 Å². The minimum atomic E-state index is -3.37. The van der Waals surface area contributed by atoms with Gasteiger partial charge in [-0.2, -0.15) is 9.97 Å². The molecule has 0 fully saturated rings. The average Bonchev–Trinajstić information content (AvgIpc) is 2.88. The number of benzene rings is 2. The zero-order valence-electron chi connectivity index (χ0n) is 21.8. The van der Waals surface area contributed by atoms with Crippen molar-refractivity contribution in [1.82, 2.24) is 14.9 Å². The second-order valence-corrected chi connectivity index (χ2v) is 11.4. The highest BCUT2D eigenvalue weighted by molar-refractivity contribution is 7.90. The molecule has 1 unspecified atom stereocenters. The summed E-state index contributed by atoms with van der Waals surface area (Å²) in [7, 11) is -0.138. The first-order chi connectivity index (χ1) is 18.8. The fraction of sp³-hybridized carbons (Fsp3) is 0.240. The van der Waals surface area contributed by atoms with Gasteiger partial charge in [-0.1, -0.05) is 6.07 Å². The number of amidine groups is 1. The smallest absolute Gasteiger partial charge is 0.328 e. The number of nitrogens with one attached hydrogen (secondary N) is 2. The standard InChI is InChI=1S/C25H27N7O7S/c1-32(2)24(34)14-5-4-6-15(11-14)37-25-30-22-19(29-21(33)17(38-22)9-10-40(3,35)36)23(31-25)39-18-12-13(20(27)28)7-8-16(18)26/h4-8,11-12,17H,9-10,26H2,1-3H3,(H3,27,28)(H,29,33). The van der Waals surface area contributed by atoms with Crippen molar-refractivity contribution >= 4 is 38.9 Å². The molecule has 3 aromatic rings. The highest BCUT2D eigenvalue weighted by atomic mass is 32.2. The Bertz CT molecular complexity index is 1610. The molecule has 0 aliphatic carbocycles. The first-order valence-electron chi connectivity index (χ1n) is 11.8. The molecule has 6 N–H and O–H groups in total. The molecule has 1 atom stereocenters. The summed E-state index contributed by atoms with van der Waals surface area (Å²) in [6.07, 6.45) is -0.232. The van der Waals surface area contributed by atoms with Gasteiger partial charge < -0.3 is 35.9 Å². The summed E-state index contributed by atoms with van der Waals surface area (Å²) >= 11 is 0. The van der Waals surface area contributed by atoms with E-state index in [-0.39, 0.29) is 64.6 Å². The topological polar surface area (TPSA) is 213 Å². The van der Waals surface area contributed by atoms with Gasteiger partial charge in [0.1, 0.15) is 21.4 Å². The highest BCUT2D eigenvalue weighted by Gasteiger charge is 2.34. The molecule has 2 aromatic carbocycles. The third kappa shape index (κ3) is 6.55. The first kappa shape index (κ1) is 28.1. The molecule has 0 saturated carbocycles. The predicted molar refractivity (Wildman–Crippen MR) is 146 cm³/mol. The van der Waals surface area contributed by atoms with Crippen LogP contribution in [-0.4, -0.2) is 73.1 Å². The lowest BCUT2D eigenvalue weighted by Gasteiger charge is -2.26. The summed E-state index contributed by atoms with van der Waals surface area (Å²) in [5.74, 6) is -1.44. The van der Waals surface area contributed by atoms with E-state index in [1.54, 1.807) is 32.3 Å². The van der Waals surface area contributed by atoms with Gasteiger partial charge in [-0.3, -0.25) is 15.0 Å². The summed E-state index contributed by atoms with van der Waals surface area (Å²) in [6, 6.07) is 10.5. The van der Waals surface area contributed by atoms with Gasteiger partial charge in [-0.15, -0.1) is 0 Å². The molecule has 0 radical (unpaired) electrons. The number of nitrogens with zero attached hydrogens (tertiary/aromatic N) is 3. The number of sulfone groups is 1. The largest absolute Gasteiger partial charge is 0.462 e. The van der Waals surface area contributed by atoms with Gasteiger partial charge in [-0.05, 0) is 36.4 Å². The molecule has 210 valence electrons. The summed E-state index contributed by atoms with van der Waals surface area (Å²) in [6.45, 7) is 0. The van der Waals surface area contributed by atoms with Crippen LogP contribution in [0.5, 0.6) is 29.3 Å². The van der Waals surface area contributed by atoms with Crippen LogP contribution in [0.3, 0.4) is 0 Å². The maximum Gasteiger partial charge on any atom is 0.328 e. The van der Waals surface area contributed by atoms with Gasteiger partial charge >= 0.3 is 6.01 Å². The van der Waals surface area contributed by atoms with Crippen LogP contribution in [0.15, 0.2) is 42.5 Å². The first-order valence-corrected chi connectivity index (χ1v) is 13.9. The van der Waals surface area contributed by atoms with Crippen LogP contribution >= 0.6 is 0 Å². The molecule has 14 nitrogen and oxygen atoms in total. The van der Waals surface area contributed by atoms with E-state index in [4.69, 9.17) is 31.1 Å². The Morgan fingerprint density at radius 1 is 1.15 bits per heavy atom. The summed E-state index contributed by atoms with van der Waals surface area (Å²) < 4.78 is 40.8. The van der Waals surface area contributed by atoms with Crippen molar-refractivity contribution in [3.63, 3.8) is 0 Å². The lowest BCUT2D eigenvalue weighted by Crippen LogP contribution is -2.38. The highest BCUT2D eigenvalue weighted by Crippen LogP contribution is 2.41. The van der Waals surface area contributed by atoms with Crippen molar-refractivity contribution in [1.29, 1.82) is 5.41 Å². The van der Waals surface area contributed by atoms with Crippen molar-refractivity contribution in [3.05, 3.63) is 53.6 Å². The number of carbonyl (C=O) groups excluding carboxylic acids is 2. The molecule has 40 heavy (non-hydrogen) atoms. The number of hydrogen-bond acceptors (Lipinski definition) is 11.